The fourth-order valence-electron chi connectivity index (χ4n) is 3.48. The molecule has 7 heteroatoms. The van der Waals surface area contributed by atoms with E-state index in [9.17, 15) is 14.0 Å². The molecule has 6 nitrogen and oxygen atoms in total. The highest BCUT2D eigenvalue weighted by Gasteiger charge is 2.26. The minimum atomic E-state index is -0.307. The van der Waals surface area contributed by atoms with Gasteiger partial charge in [-0.1, -0.05) is 12.1 Å². The number of nitrogens with zero attached hydrogens (tertiary/aromatic N) is 2. The van der Waals surface area contributed by atoms with Gasteiger partial charge in [-0.05, 0) is 66.4 Å². The van der Waals surface area contributed by atoms with E-state index in [2.05, 4.69) is 15.6 Å². The summed E-state index contributed by atoms with van der Waals surface area (Å²) in [6, 6.07) is 14.9. The molecule has 0 saturated carbocycles. The second-order valence-corrected chi connectivity index (χ2v) is 7.05. The Kier molecular flexibility index (Phi) is 5.70. The fraction of sp³-hybridized carbons (Fsp3) is 0.174. The predicted octanol–water partition coefficient (Wildman–Crippen LogP) is 3.79. The van der Waals surface area contributed by atoms with Crippen molar-refractivity contribution >= 4 is 23.3 Å². The van der Waals surface area contributed by atoms with Crippen LogP contribution in [0.25, 0.3) is 0 Å². The van der Waals surface area contributed by atoms with Gasteiger partial charge in [0.2, 0.25) is 0 Å². The Bertz CT molecular complexity index is 1050. The molecule has 2 aromatic carbocycles. The van der Waals surface area contributed by atoms with Crippen molar-refractivity contribution < 1.29 is 14.0 Å². The molecular weight excluding hydrogens is 383 g/mol. The number of anilines is 2. The summed E-state index contributed by atoms with van der Waals surface area (Å²) in [4.78, 5) is 30.6. The first-order chi connectivity index (χ1) is 14.6. The third kappa shape index (κ3) is 4.46. The van der Waals surface area contributed by atoms with Gasteiger partial charge in [-0.2, -0.15) is 0 Å². The normalized spacial score (nSPS) is 12.4. The van der Waals surface area contributed by atoms with Crippen molar-refractivity contribution in [2.24, 2.45) is 0 Å². The molecule has 0 saturated heterocycles. The van der Waals surface area contributed by atoms with Crippen LogP contribution in [0.15, 0.2) is 67.0 Å². The number of carbonyl (C=O) groups is 2. The number of benzene rings is 2. The zero-order chi connectivity index (χ0) is 20.9. The number of carbonyl (C=O) groups excluding carboxylic acids is 2. The number of fused-ring (bicyclic) bond motifs is 1. The van der Waals surface area contributed by atoms with E-state index in [1.165, 1.54) is 12.1 Å². The number of halogens is 1. The highest BCUT2D eigenvalue weighted by atomic mass is 19.1. The summed E-state index contributed by atoms with van der Waals surface area (Å²) >= 11 is 0. The van der Waals surface area contributed by atoms with Crippen molar-refractivity contribution in [1.82, 2.24) is 10.3 Å². The molecule has 2 N–H and O–H groups in total. The first-order valence-electron chi connectivity index (χ1n) is 9.74. The quantitative estimate of drug-likeness (QED) is 0.680. The van der Waals surface area contributed by atoms with Gasteiger partial charge in [-0.25, -0.2) is 9.18 Å². The van der Waals surface area contributed by atoms with E-state index >= 15 is 0 Å². The van der Waals surface area contributed by atoms with Gasteiger partial charge in [0.15, 0.2) is 0 Å². The average Bonchev–Trinajstić information content (AvgIpc) is 3.18. The van der Waals surface area contributed by atoms with Crippen LogP contribution in [-0.4, -0.2) is 30.0 Å². The van der Waals surface area contributed by atoms with Gasteiger partial charge in [0.25, 0.3) is 5.91 Å². The molecule has 2 heterocycles. The lowest BCUT2D eigenvalue weighted by Gasteiger charge is -2.17. The summed E-state index contributed by atoms with van der Waals surface area (Å²) in [5.41, 5.74) is 4.03. The summed E-state index contributed by atoms with van der Waals surface area (Å²) in [5, 5.41) is 5.61. The zero-order valence-electron chi connectivity index (χ0n) is 16.3. The first-order valence-corrected chi connectivity index (χ1v) is 9.74. The maximum atomic E-state index is 12.9. The van der Waals surface area contributed by atoms with Crippen molar-refractivity contribution in [1.29, 1.82) is 0 Å². The first kappa shape index (κ1) is 19.6. The van der Waals surface area contributed by atoms with Crippen molar-refractivity contribution in [3.05, 3.63) is 89.5 Å². The maximum Gasteiger partial charge on any atom is 0.319 e. The standard InChI is InChI=1S/C23H21FN4O2/c24-19-5-3-16(4-6-19)9-12-26-23(30)27-20-7-8-21-17(14-20)10-13-28(21)22(29)18-2-1-11-25-15-18/h1-8,11,14-15H,9-10,12-13H2,(H2,26,27,30). The Morgan fingerprint density at radius 2 is 1.93 bits per heavy atom. The van der Waals surface area contributed by atoms with Crippen molar-refractivity contribution in [3.8, 4) is 0 Å². The van der Waals surface area contributed by atoms with E-state index in [1.807, 2.05) is 12.1 Å². The van der Waals surface area contributed by atoms with Crippen LogP contribution in [0.2, 0.25) is 0 Å². The highest BCUT2D eigenvalue weighted by molar-refractivity contribution is 6.07. The number of aromatic nitrogens is 1. The van der Waals surface area contributed by atoms with E-state index in [-0.39, 0.29) is 17.8 Å². The molecule has 0 aliphatic carbocycles. The summed E-state index contributed by atoms with van der Waals surface area (Å²) in [7, 11) is 0. The van der Waals surface area contributed by atoms with Gasteiger partial charge in [0.05, 0.1) is 5.56 Å². The van der Waals surface area contributed by atoms with Crippen molar-refractivity contribution in [3.63, 3.8) is 0 Å². The Morgan fingerprint density at radius 1 is 1.10 bits per heavy atom. The van der Waals surface area contributed by atoms with E-state index < -0.39 is 0 Å². The van der Waals surface area contributed by atoms with E-state index in [0.29, 0.717) is 30.8 Å². The maximum absolute atomic E-state index is 12.9. The van der Waals surface area contributed by atoms with Crippen LogP contribution in [0, 0.1) is 5.82 Å². The highest BCUT2D eigenvalue weighted by Crippen LogP contribution is 2.31. The monoisotopic (exact) mass is 404 g/mol. The molecule has 4 rings (SSSR count). The van der Waals surface area contributed by atoms with Crippen molar-refractivity contribution in [2.45, 2.75) is 12.8 Å². The smallest absolute Gasteiger partial charge is 0.319 e. The molecule has 3 amide bonds. The lowest BCUT2D eigenvalue weighted by atomic mass is 10.1. The molecule has 1 aliphatic heterocycles. The van der Waals surface area contributed by atoms with Crippen LogP contribution in [0.1, 0.15) is 21.5 Å². The van der Waals surface area contributed by atoms with Crippen molar-refractivity contribution in [2.75, 3.05) is 23.3 Å². The van der Waals surface area contributed by atoms with E-state index in [1.54, 1.807) is 47.6 Å². The molecular formula is C23H21FN4O2. The SMILES string of the molecule is O=C(NCCc1ccc(F)cc1)Nc1ccc2c(c1)CCN2C(=O)c1cccnc1. The van der Waals surface area contributed by atoms with Crippen LogP contribution in [0.4, 0.5) is 20.6 Å². The largest absolute Gasteiger partial charge is 0.338 e. The van der Waals surface area contributed by atoms with Crippen LogP contribution < -0.4 is 15.5 Å². The lowest BCUT2D eigenvalue weighted by molar-refractivity contribution is 0.0989. The van der Waals surface area contributed by atoms with Gasteiger partial charge < -0.3 is 15.5 Å². The molecule has 0 bridgehead atoms. The second-order valence-electron chi connectivity index (χ2n) is 7.05. The molecule has 0 atom stereocenters. The third-order valence-electron chi connectivity index (χ3n) is 5.00. The predicted molar refractivity (Wildman–Crippen MR) is 113 cm³/mol. The molecule has 30 heavy (non-hydrogen) atoms. The van der Waals surface area contributed by atoms with Crippen LogP contribution in [-0.2, 0) is 12.8 Å². The van der Waals surface area contributed by atoms with Gasteiger partial charge in [0.1, 0.15) is 5.82 Å². The minimum absolute atomic E-state index is 0.0823. The second kappa shape index (κ2) is 8.73. The average molecular weight is 404 g/mol. The number of hydrogen-bond acceptors (Lipinski definition) is 3. The Morgan fingerprint density at radius 3 is 2.70 bits per heavy atom. The van der Waals surface area contributed by atoms with Crippen LogP contribution >= 0.6 is 0 Å². The molecule has 1 aromatic heterocycles. The molecule has 3 aromatic rings. The molecule has 0 fully saturated rings. The molecule has 0 spiro atoms. The molecule has 152 valence electrons. The van der Waals surface area contributed by atoms with Gasteiger partial charge in [-0.15, -0.1) is 0 Å². The van der Waals surface area contributed by atoms with Gasteiger partial charge in [-0.3, -0.25) is 9.78 Å². The number of rotatable bonds is 5. The minimum Gasteiger partial charge on any atom is -0.338 e. The summed E-state index contributed by atoms with van der Waals surface area (Å²) in [6.45, 7) is 1.03. The number of nitrogens with one attached hydrogen (secondary N) is 2. The fourth-order valence-corrected chi connectivity index (χ4v) is 3.48. The number of amides is 3. The summed E-state index contributed by atoms with van der Waals surface area (Å²) < 4.78 is 12.9. The molecule has 0 unspecified atom stereocenters. The third-order valence-corrected chi connectivity index (χ3v) is 5.00. The van der Waals surface area contributed by atoms with E-state index in [4.69, 9.17) is 0 Å². The Labute approximate surface area is 173 Å². The zero-order valence-corrected chi connectivity index (χ0v) is 16.3. The van der Waals surface area contributed by atoms with Gasteiger partial charge >= 0.3 is 6.03 Å². The molecule has 0 radical (unpaired) electrons. The number of hydrogen-bond donors (Lipinski definition) is 2. The Hall–Kier alpha value is -3.74. The number of pyridine rings is 1. The Balaban J connectivity index is 1.33. The topological polar surface area (TPSA) is 74.3 Å². The van der Waals surface area contributed by atoms with Gasteiger partial charge in [0, 0.05) is 36.9 Å². The molecule has 1 aliphatic rings. The van der Waals surface area contributed by atoms with Crippen LogP contribution in [0.3, 0.4) is 0 Å². The number of urea groups is 1. The van der Waals surface area contributed by atoms with Crippen LogP contribution in [0.5, 0.6) is 0 Å². The summed E-state index contributed by atoms with van der Waals surface area (Å²) in [6.07, 6.45) is 4.54. The summed E-state index contributed by atoms with van der Waals surface area (Å²) in [5.74, 6) is -0.358. The van der Waals surface area contributed by atoms with E-state index in [0.717, 1.165) is 23.2 Å². The lowest BCUT2D eigenvalue weighted by Crippen LogP contribution is -2.30.